The first-order valence-electron chi connectivity index (χ1n) is 15.3. The summed E-state index contributed by atoms with van der Waals surface area (Å²) in [7, 11) is -6.37. The zero-order chi connectivity index (χ0) is 34.4. The molecule has 2 heterocycles. The van der Waals surface area contributed by atoms with E-state index in [4.69, 9.17) is 9.47 Å². The molecular weight excluding hydrogens is 670 g/mol. The third-order valence-electron chi connectivity index (χ3n) is 8.02. The number of rotatable bonds is 9. The summed E-state index contributed by atoms with van der Waals surface area (Å²) < 4.78 is 82.4. The van der Waals surface area contributed by atoms with Crippen LogP contribution in [0.1, 0.15) is 50.4 Å². The topological polar surface area (TPSA) is 143 Å². The first-order valence-corrected chi connectivity index (χ1v) is 19.2. The summed E-state index contributed by atoms with van der Waals surface area (Å²) in [4.78, 5) is 15.6. The van der Waals surface area contributed by atoms with E-state index in [0.29, 0.717) is 19.4 Å². The SMILES string of the molecule is C[C@H]1CCCCO[C@@H](CN(C)S(=O)(=O)c2cccs2)[C@@H](C)CN([C@@H](C)CO)C(=O)c2cc(NS(=O)(=O)c3ccc(F)cc3)ccc2O1. The van der Waals surface area contributed by atoms with Gasteiger partial charge in [-0.05, 0) is 87.0 Å². The first kappa shape index (κ1) is 36.8. The van der Waals surface area contributed by atoms with Crippen molar-refractivity contribution < 1.29 is 40.6 Å². The molecule has 0 saturated carbocycles. The number of aliphatic hydroxyl groups excluding tert-OH is 1. The third-order valence-corrected chi connectivity index (χ3v) is 12.6. The van der Waals surface area contributed by atoms with Crippen molar-refractivity contribution >= 4 is 43.0 Å². The van der Waals surface area contributed by atoms with E-state index >= 15 is 0 Å². The Morgan fingerprint density at radius 1 is 1.11 bits per heavy atom. The number of nitrogens with zero attached hydrogens (tertiary/aromatic N) is 2. The quantitative estimate of drug-likeness (QED) is 0.322. The van der Waals surface area contributed by atoms with E-state index in [1.807, 2.05) is 13.8 Å². The fourth-order valence-corrected chi connectivity index (χ4v) is 8.63. The molecule has 4 rings (SSSR count). The Labute approximate surface area is 280 Å². The van der Waals surface area contributed by atoms with Crippen molar-refractivity contribution in [1.82, 2.24) is 9.21 Å². The van der Waals surface area contributed by atoms with Gasteiger partial charge in [-0.3, -0.25) is 9.52 Å². The molecule has 4 atom stereocenters. The Hall–Kier alpha value is -3.08. The van der Waals surface area contributed by atoms with Gasteiger partial charge in [-0.25, -0.2) is 21.2 Å². The van der Waals surface area contributed by atoms with Gasteiger partial charge in [0.1, 0.15) is 15.8 Å². The average molecular weight is 712 g/mol. The van der Waals surface area contributed by atoms with Crippen LogP contribution in [0.25, 0.3) is 0 Å². The highest BCUT2D eigenvalue weighted by molar-refractivity contribution is 7.92. The largest absolute Gasteiger partial charge is 0.490 e. The number of amides is 1. The molecule has 0 fully saturated rings. The lowest BCUT2D eigenvalue weighted by Crippen LogP contribution is -2.48. The molecule has 15 heteroatoms. The molecule has 1 aliphatic rings. The fraction of sp³-hybridized carbons (Fsp3) is 0.469. The fourth-order valence-electron chi connectivity index (χ4n) is 5.19. The van der Waals surface area contributed by atoms with Gasteiger partial charge in [0.25, 0.3) is 26.0 Å². The lowest BCUT2D eigenvalue weighted by molar-refractivity contribution is -0.00832. The zero-order valence-corrected chi connectivity index (χ0v) is 29.3. The zero-order valence-electron chi connectivity index (χ0n) is 26.8. The minimum Gasteiger partial charge on any atom is -0.490 e. The van der Waals surface area contributed by atoms with Gasteiger partial charge in [0.05, 0.1) is 35.3 Å². The van der Waals surface area contributed by atoms with E-state index in [2.05, 4.69) is 4.72 Å². The third kappa shape index (κ3) is 9.30. The van der Waals surface area contributed by atoms with Crippen molar-refractivity contribution in [2.75, 3.05) is 38.1 Å². The number of anilines is 1. The second kappa shape index (κ2) is 15.9. The Balaban J connectivity index is 1.68. The van der Waals surface area contributed by atoms with Crippen LogP contribution in [0.2, 0.25) is 0 Å². The van der Waals surface area contributed by atoms with Gasteiger partial charge >= 0.3 is 0 Å². The maximum Gasteiger partial charge on any atom is 0.261 e. The smallest absolute Gasteiger partial charge is 0.261 e. The number of fused-ring (bicyclic) bond motifs is 1. The van der Waals surface area contributed by atoms with E-state index in [9.17, 15) is 31.1 Å². The van der Waals surface area contributed by atoms with Crippen LogP contribution in [0.5, 0.6) is 5.75 Å². The highest BCUT2D eigenvalue weighted by Gasteiger charge is 2.33. The lowest BCUT2D eigenvalue weighted by atomic mass is 10.0. The van der Waals surface area contributed by atoms with Crippen LogP contribution >= 0.6 is 11.3 Å². The van der Waals surface area contributed by atoms with E-state index in [1.165, 1.54) is 34.5 Å². The average Bonchev–Trinajstić information content (AvgIpc) is 3.59. The van der Waals surface area contributed by atoms with Crippen LogP contribution in [-0.4, -0.2) is 88.7 Å². The predicted octanol–water partition coefficient (Wildman–Crippen LogP) is 4.80. The maximum atomic E-state index is 14.3. The van der Waals surface area contributed by atoms with Gasteiger partial charge < -0.3 is 19.5 Å². The summed E-state index contributed by atoms with van der Waals surface area (Å²) in [5.41, 5.74) is 0.167. The number of nitrogens with one attached hydrogen (secondary N) is 1. The van der Waals surface area contributed by atoms with Crippen molar-refractivity contribution in [3.05, 3.63) is 71.4 Å². The summed E-state index contributed by atoms with van der Waals surface area (Å²) >= 11 is 1.13. The number of carbonyl (C=O) groups excluding carboxylic acids is 1. The predicted molar refractivity (Wildman–Crippen MR) is 178 cm³/mol. The van der Waals surface area contributed by atoms with Crippen LogP contribution in [0.4, 0.5) is 10.1 Å². The van der Waals surface area contributed by atoms with Crippen molar-refractivity contribution in [2.45, 2.75) is 67.4 Å². The van der Waals surface area contributed by atoms with E-state index in [-0.39, 0.29) is 57.8 Å². The standard InChI is InChI=1S/C32H42FN3O8S3/c1-22-19-36(23(2)21-37)32(38)28-18-26(34-46(39,40)27-13-10-25(33)11-14-27)12-15-29(28)44-24(3)8-5-6-16-43-30(22)20-35(4)47(41,42)31-9-7-17-45-31/h7,9-15,17-18,22-24,30,34,37H,5-6,8,16,19-21H2,1-4H3/t22-,23-,24-,30-/m0/s1. The van der Waals surface area contributed by atoms with E-state index < -0.39 is 43.9 Å². The molecule has 0 aliphatic carbocycles. The lowest BCUT2D eigenvalue weighted by Gasteiger charge is -2.35. The molecule has 0 spiro atoms. The van der Waals surface area contributed by atoms with Crippen LogP contribution in [0.15, 0.2) is 69.1 Å². The van der Waals surface area contributed by atoms with Gasteiger partial charge in [0, 0.05) is 38.3 Å². The van der Waals surface area contributed by atoms with Gasteiger partial charge in [-0.15, -0.1) is 11.3 Å². The normalized spacial score (nSPS) is 21.0. The maximum absolute atomic E-state index is 14.3. The molecule has 11 nitrogen and oxygen atoms in total. The Bertz CT molecular complexity index is 1700. The number of thiophene rings is 1. The van der Waals surface area contributed by atoms with Crippen molar-refractivity contribution in [2.24, 2.45) is 5.92 Å². The Morgan fingerprint density at radius 2 is 1.83 bits per heavy atom. The van der Waals surface area contributed by atoms with Gasteiger partial charge in [0.2, 0.25) is 0 Å². The monoisotopic (exact) mass is 711 g/mol. The molecule has 0 radical (unpaired) electrons. The van der Waals surface area contributed by atoms with Gasteiger partial charge in [-0.1, -0.05) is 13.0 Å². The minimum atomic E-state index is -4.12. The second-order valence-corrected chi connectivity index (χ2v) is 16.7. The number of likely N-dealkylation sites (N-methyl/N-ethyl adjacent to an activating group) is 1. The highest BCUT2D eigenvalue weighted by Crippen LogP contribution is 2.30. The molecule has 258 valence electrons. The number of ether oxygens (including phenoxy) is 2. The molecule has 1 aromatic heterocycles. The summed E-state index contributed by atoms with van der Waals surface area (Å²) in [6.07, 6.45) is 1.20. The number of carbonyl (C=O) groups is 1. The molecule has 0 bridgehead atoms. The van der Waals surface area contributed by atoms with Gasteiger partial charge in [0.15, 0.2) is 0 Å². The molecule has 47 heavy (non-hydrogen) atoms. The van der Waals surface area contributed by atoms with Crippen LogP contribution < -0.4 is 9.46 Å². The summed E-state index contributed by atoms with van der Waals surface area (Å²) in [5.74, 6) is -1.22. The minimum absolute atomic E-state index is 0.0440. The number of halogens is 1. The van der Waals surface area contributed by atoms with E-state index in [1.54, 1.807) is 24.4 Å². The molecule has 3 aromatic rings. The number of aliphatic hydroxyl groups is 1. The molecule has 2 aromatic carbocycles. The molecule has 0 saturated heterocycles. The van der Waals surface area contributed by atoms with E-state index in [0.717, 1.165) is 42.0 Å². The number of sulfonamides is 2. The summed E-state index contributed by atoms with van der Waals surface area (Å²) in [6, 6.07) is 11.3. The van der Waals surface area contributed by atoms with Crippen LogP contribution in [0.3, 0.4) is 0 Å². The molecule has 1 aliphatic heterocycles. The van der Waals surface area contributed by atoms with Crippen molar-refractivity contribution in [1.29, 1.82) is 0 Å². The molecule has 2 N–H and O–H groups in total. The number of benzene rings is 2. The van der Waals surface area contributed by atoms with Crippen LogP contribution in [0, 0.1) is 11.7 Å². The molecule has 1 amide bonds. The van der Waals surface area contributed by atoms with Crippen molar-refractivity contribution in [3.8, 4) is 5.75 Å². The Morgan fingerprint density at radius 3 is 2.49 bits per heavy atom. The van der Waals surface area contributed by atoms with Crippen molar-refractivity contribution in [3.63, 3.8) is 0 Å². The Kier molecular flexibility index (Phi) is 12.4. The van der Waals surface area contributed by atoms with Crippen LogP contribution in [-0.2, 0) is 24.8 Å². The summed E-state index contributed by atoms with van der Waals surface area (Å²) in [5, 5.41) is 11.9. The number of hydrogen-bond donors (Lipinski definition) is 2. The van der Waals surface area contributed by atoms with Gasteiger partial charge in [-0.2, -0.15) is 4.31 Å². The summed E-state index contributed by atoms with van der Waals surface area (Å²) in [6.45, 7) is 5.57. The molecular formula is C32H42FN3O8S3. The highest BCUT2D eigenvalue weighted by atomic mass is 32.2. The number of hydrogen-bond acceptors (Lipinski definition) is 9. The molecule has 0 unspecified atom stereocenters. The first-order chi connectivity index (χ1) is 22.2. The second-order valence-electron chi connectivity index (χ2n) is 11.8.